The van der Waals surface area contributed by atoms with Crippen molar-refractivity contribution >= 4 is 6.29 Å². The van der Waals surface area contributed by atoms with Gasteiger partial charge in [0.15, 0.2) is 6.29 Å². The number of carbonyl (C=O) groups excluding carboxylic acids is 1. The van der Waals surface area contributed by atoms with Gasteiger partial charge in [-0.15, -0.1) is 5.10 Å². The first-order valence-corrected chi connectivity index (χ1v) is 3.24. The third-order valence-electron chi connectivity index (χ3n) is 1.20. The number of hydrogen-bond donors (Lipinski definition) is 0. The lowest BCUT2D eigenvalue weighted by atomic mass is 10.4. The molecule has 0 aliphatic rings. The van der Waals surface area contributed by atoms with E-state index in [1.165, 1.54) is 0 Å². The molecule has 0 saturated carbocycles. The van der Waals surface area contributed by atoms with Crippen molar-refractivity contribution in [3.63, 3.8) is 0 Å². The van der Waals surface area contributed by atoms with Crippen molar-refractivity contribution in [2.45, 2.75) is 19.4 Å². The summed E-state index contributed by atoms with van der Waals surface area (Å²) in [7, 11) is 0. The highest BCUT2D eigenvalue weighted by Crippen LogP contribution is 2.14. The molecule has 1 aromatic heterocycles. The van der Waals surface area contributed by atoms with Gasteiger partial charge in [-0.05, 0) is 0 Å². The van der Waals surface area contributed by atoms with E-state index < -0.39 is 12.5 Å². The summed E-state index contributed by atoms with van der Waals surface area (Å²) in [6, 6.07) is 0. The molecule has 1 aromatic rings. The van der Waals surface area contributed by atoms with Crippen molar-refractivity contribution in [2.24, 2.45) is 0 Å². The summed E-state index contributed by atoms with van der Waals surface area (Å²) >= 11 is 0. The second-order valence-corrected chi connectivity index (χ2v) is 2.50. The first-order valence-electron chi connectivity index (χ1n) is 3.24. The Morgan fingerprint density at radius 1 is 1.75 bits per heavy atom. The summed E-state index contributed by atoms with van der Waals surface area (Å²) in [4.78, 5) is 10.2. The van der Waals surface area contributed by atoms with Crippen LogP contribution in [0.1, 0.15) is 17.4 Å². The van der Waals surface area contributed by atoms with Crippen molar-refractivity contribution < 1.29 is 13.6 Å². The average molecular weight is 175 g/mol. The molecule has 6 heteroatoms. The number of rotatable bonds is 3. The number of hydrogen-bond acceptors (Lipinski definition) is 3. The maximum Gasteiger partial charge on any atom is 0.264 e. The molecular formula is C6H7F2N3O. The summed E-state index contributed by atoms with van der Waals surface area (Å²) in [6.07, 6.45) is 1.57. The van der Waals surface area contributed by atoms with E-state index in [9.17, 15) is 13.6 Å². The van der Waals surface area contributed by atoms with E-state index >= 15 is 0 Å². The molecule has 0 bridgehead atoms. The Morgan fingerprint density at radius 2 is 2.42 bits per heavy atom. The highest BCUT2D eigenvalue weighted by molar-refractivity contribution is 5.71. The molecule has 0 aromatic carbocycles. The van der Waals surface area contributed by atoms with Gasteiger partial charge in [-0.2, -0.15) is 0 Å². The Kier molecular flexibility index (Phi) is 2.16. The molecule has 0 aliphatic heterocycles. The average Bonchev–Trinajstić information content (AvgIpc) is 2.31. The molecule has 0 unspecified atom stereocenters. The molecule has 0 fully saturated rings. The fraction of sp³-hybridized carbons (Fsp3) is 0.500. The Bertz CT molecular complexity index is 279. The highest BCUT2D eigenvalue weighted by Gasteiger charge is 2.23. The molecule has 12 heavy (non-hydrogen) atoms. The zero-order valence-electron chi connectivity index (χ0n) is 6.37. The molecule has 66 valence electrons. The molecule has 0 atom stereocenters. The Hall–Kier alpha value is -1.33. The summed E-state index contributed by atoms with van der Waals surface area (Å²) in [5.41, 5.74) is 0.0523. The van der Waals surface area contributed by atoms with Crippen LogP contribution in [0.15, 0.2) is 6.20 Å². The number of nitrogens with zero attached hydrogens (tertiary/aromatic N) is 3. The lowest BCUT2D eigenvalue weighted by molar-refractivity contribution is -0.000274. The third-order valence-corrected chi connectivity index (χ3v) is 1.20. The lowest BCUT2D eigenvalue weighted by Crippen LogP contribution is -2.21. The highest BCUT2D eigenvalue weighted by atomic mass is 19.3. The maximum atomic E-state index is 12.4. The fourth-order valence-electron chi connectivity index (χ4n) is 0.743. The minimum atomic E-state index is -2.88. The normalized spacial score (nSPS) is 11.6. The largest absolute Gasteiger partial charge is 0.296 e. The molecule has 4 nitrogen and oxygen atoms in total. The van der Waals surface area contributed by atoms with E-state index in [0.717, 1.165) is 17.8 Å². The predicted molar refractivity (Wildman–Crippen MR) is 36.0 cm³/mol. The Labute approximate surface area is 67.2 Å². The molecule has 1 heterocycles. The van der Waals surface area contributed by atoms with Gasteiger partial charge in [0.25, 0.3) is 5.92 Å². The SMILES string of the molecule is CC(F)(F)Cn1nncc1C=O. The first-order chi connectivity index (χ1) is 5.53. The standard InChI is InChI=1S/C6H7F2N3O/c1-6(7,8)4-11-5(3-12)2-9-10-11/h2-3H,4H2,1H3. The molecule has 1 rings (SSSR count). The Balaban J connectivity index is 2.81. The minimum absolute atomic E-state index is 0.0523. The zero-order chi connectivity index (χ0) is 9.19. The van der Waals surface area contributed by atoms with Crippen LogP contribution >= 0.6 is 0 Å². The molecule has 0 amide bonds. The number of carbonyl (C=O) groups is 1. The number of alkyl halides is 2. The predicted octanol–water partition coefficient (Wildman–Crippen LogP) is 0.746. The van der Waals surface area contributed by atoms with Crippen molar-refractivity contribution in [2.75, 3.05) is 0 Å². The van der Waals surface area contributed by atoms with Gasteiger partial charge in [0.2, 0.25) is 0 Å². The van der Waals surface area contributed by atoms with Gasteiger partial charge < -0.3 is 0 Å². The van der Waals surface area contributed by atoms with Gasteiger partial charge in [0.1, 0.15) is 12.2 Å². The zero-order valence-corrected chi connectivity index (χ0v) is 6.37. The summed E-state index contributed by atoms with van der Waals surface area (Å²) in [6.45, 7) is 0.129. The van der Waals surface area contributed by atoms with Gasteiger partial charge in [0.05, 0.1) is 6.20 Å². The van der Waals surface area contributed by atoms with Gasteiger partial charge in [-0.25, -0.2) is 13.5 Å². The van der Waals surface area contributed by atoms with Crippen LogP contribution in [0.25, 0.3) is 0 Å². The van der Waals surface area contributed by atoms with E-state index in [2.05, 4.69) is 10.3 Å². The topological polar surface area (TPSA) is 47.8 Å². The second-order valence-electron chi connectivity index (χ2n) is 2.50. The molecule has 0 N–H and O–H groups in total. The van der Waals surface area contributed by atoms with Gasteiger partial charge in [-0.1, -0.05) is 5.21 Å². The van der Waals surface area contributed by atoms with E-state index in [1.807, 2.05) is 0 Å². The van der Waals surface area contributed by atoms with Crippen LogP contribution < -0.4 is 0 Å². The van der Waals surface area contributed by atoms with Crippen LogP contribution in [0.5, 0.6) is 0 Å². The minimum Gasteiger partial charge on any atom is -0.296 e. The van der Waals surface area contributed by atoms with E-state index in [0.29, 0.717) is 6.29 Å². The van der Waals surface area contributed by atoms with Gasteiger partial charge >= 0.3 is 0 Å². The summed E-state index contributed by atoms with van der Waals surface area (Å²) in [5, 5.41) is 6.65. The molecular weight excluding hydrogens is 168 g/mol. The van der Waals surface area contributed by atoms with Gasteiger partial charge in [-0.3, -0.25) is 4.79 Å². The number of halogens is 2. The van der Waals surface area contributed by atoms with Crippen molar-refractivity contribution in [1.82, 2.24) is 15.0 Å². The van der Waals surface area contributed by atoms with Crippen molar-refractivity contribution in [1.29, 1.82) is 0 Å². The van der Waals surface area contributed by atoms with Crippen LogP contribution in [-0.4, -0.2) is 27.2 Å². The van der Waals surface area contributed by atoms with E-state index in [4.69, 9.17) is 0 Å². The third kappa shape index (κ3) is 2.08. The monoisotopic (exact) mass is 175 g/mol. The van der Waals surface area contributed by atoms with E-state index in [-0.39, 0.29) is 5.69 Å². The summed E-state index contributed by atoms with van der Waals surface area (Å²) < 4.78 is 25.7. The number of aromatic nitrogens is 3. The molecule has 0 spiro atoms. The quantitative estimate of drug-likeness (QED) is 0.637. The van der Waals surface area contributed by atoms with Crippen molar-refractivity contribution in [3.8, 4) is 0 Å². The van der Waals surface area contributed by atoms with Crippen molar-refractivity contribution in [3.05, 3.63) is 11.9 Å². The smallest absolute Gasteiger partial charge is 0.264 e. The summed E-state index contributed by atoms with van der Waals surface area (Å²) in [5.74, 6) is -2.88. The number of aldehydes is 1. The first kappa shape index (κ1) is 8.76. The van der Waals surface area contributed by atoms with Gasteiger partial charge in [0, 0.05) is 6.92 Å². The fourth-order valence-corrected chi connectivity index (χ4v) is 0.743. The molecule has 0 aliphatic carbocycles. The van der Waals surface area contributed by atoms with Crippen LogP contribution in [0, 0.1) is 0 Å². The van der Waals surface area contributed by atoms with E-state index in [1.54, 1.807) is 0 Å². The Morgan fingerprint density at radius 3 is 2.92 bits per heavy atom. The maximum absolute atomic E-state index is 12.4. The molecule has 0 saturated heterocycles. The van der Waals surface area contributed by atoms with Crippen LogP contribution in [0.4, 0.5) is 8.78 Å². The second kappa shape index (κ2) is 2.96. The molecule has 0 radical (unpaired) electrons. The van der Waals surface area contributed by atoms with Crippen LogP contribution in [0.2, 0.25) is 0 Å². The van der Waals surface area contributed by atoms with Crippen LogP contribution in [-0.2, 0) is 6.54 Å². The van der Waals surface area contributed by atoms with Crippen LogP contribution in [0.3, 0.4) is 0 Å². The lowest BCUT2D eigenvalue weighted by Gasteiger charge is -2.09.